The van der Waals surface area contributed by atoms with E-state index in [4.69, 9.17) is 11.6 Å². The Bertz CT molecular complexity index is 1440. The van der Waals surface area contributed by atoms with E-state index in [1.165, 1.54) is 6.07 Å². The number of likely N-dealkylation sites (N-methyl/N-ethyl adjacent to an activating group) is 2. The van der Waals surface area contributed by atoms with Crippen molar-refractivity contribution in [2.45, 2.75) is 6.92 Å². The average Bonchev–Trinajstić information content (AvgIpc) is 3.22. The smallest absolute Gasteiger partial charge is 0.333 e. The highest BCUT2D eigenvalue weighted by Crippen LogP contribution is 2.36. The standard InChI is InChI=1S/C27H34ClN9O3/c1-18-23-24(35-11-7-32(2)8-12-35)22(16-29-25(23)34(4)31-18)30-27(40)37(17-38)19-5-6-20(21(28)15-19)26(39)36-13-9-33(3)10-14-36/h5-6,15-17H,7-14H2,1-4H3,(H,30,40). The van der Waals surface area contributed by atoms with Crippen LogP contribution in [0.15, 0.2) is 24.4 Å². The molecule has 4 amide bonds. The molecule has 2 fully saturated rings. The fourth-order valence-electron chi connectivity index (χ4n) is 5.25. The summed E-state index contributed by atoms with van der Waals surface area (Å²) in [6.45, 7) is 7.99. The number of carbonyl (C=O) groups is 3. The van der Waals surface area contributed by atoms with E-state index in [0.29, 0.717) is 36.4 Å². The minimum atomic E-state index is -0.665. The van der Waals surface area contributed by atoms with Crippen molar-refractivity contribution in [3.8, 4) is 0 Å². The van der Waals surface area contributed by atoms with Gasteiger partial charge in [0, 0.05) is 59.4 Å². The van der Waals surface area contributed by atoms with Gasteiger partial charge in [-0.2, -0.15) is 5.10 Å². The number of nitrogens with one attached hydrogen (secondary N) is 1. The summed E-state index contributed by atoms with van der Waals surface area (Å²) in [5.41, 5.74) is 3.41. The number of amides is 4. The van der Waals surface area contributed by atoms with Crippen molar-refractivity contribution in [2.24, 2.45) is 7.05 Å². The first kappa shape index (κ1) is 27.8. The highest BCUT2D eigenvalue weighted by molar-refractivity contribution is 6.34. The van der Waals surface area contributed by atoms with Gasteiger partial charge in [-0.3, -0.25) is 14.3 Å². The molecule has 2 aromatic heterocycles. The Labute approximate surface area is 238 Å². The zero-order valence-electron chi connectivity index (χ0n) is 23.2. The van der Waals surface area contributed by atoms with Crippen LogP contribution in [0.4, 0.5) is 21.9 Å². The normalized spacial score (nSPS) is 16.8. The molecular weight excluding hydrogens is 534 g/mol. The maximum absolute atomic E-state index is 13.5. The van der Waals surface area contributed by atoms with Crippen molar-refractivity contribution in [1.29, 1.82) is 0 Å². The first-order valence-electron chi connectivity index (χ1n) is 13.3. The zero-order valence-corrected chi connectivity index (χ0v) is 24.0. The number of halogens is 1. The van der Waals surface area contributed by atoms with Crippen LogP contribution in [0, 0.1) is 6.92 Å². The van der Waals surface area contributed by atoms with E-state index in [0.717, 1.165) is 60.9 Å². The molecule has 0 radical (unpaired) electrons. The Kier molecular flexibility index (Phi) is 7.92. The number of nitrogens with zero attached hydrogens (tertiary/aromatic N) is 8. The molecular formula is C27H34ClN9O3. The molecule has 2 aliphatic heterocycles. The number of piperazine rings is 2. The number of hydrogen-bond acceptors (Lipinski definition) is 8. The molecule has 212 valence electrons. The number of anilines is 3. The molecule has 12 nitrogen and oxygen atoms in total. The first-order valence-corrected chi connectivity index (χ1v) is 13.6. The van der Waals surface area contributed by atoms with Gasteiger partial charge in [0.05, 0.1) is 44.9 Å². The summed E-state index contributed by atoms with van der Waals surface area (Å²) in [6, 6.07) is 3.91. The van der Waals surface area contributed by atoms with Crippen LogP contribution in [-0.2, 0) is 11.8 Å². The van der Waals surface area contributed by atoms with Crippen molar-refractivity contribution in [2.75, 3.05) is 81.6 Å². The number of urea groups is 1. The van der Waals surface area contributed by atoms with Gasteiger partial charge in [-0.25, -0.2) is 14.7 Å². The van der Waals surface area contributed by atoms with Crippen LogP contribution in [0.1, 0.15) is 16.1 Å². The third-order valence-electron chi connectivity index (χ3n) is 7.64. The second-order valence-corrected chi connectivity index (χ2v) is 10.8. The van der Waals surface area contributed by atoms with Crippen LogP contribution in [0.5, 0.6) is 0 Å². The Balaban J connectivity index is 1.41. The minimum Gasteiger partial charge on any atom is -0.367 e. The van der Waals surface area contributed by atoms with Crippen molar-refractivity contribution in [3.05, 3.63) is 40.7 Å². The zero-order chi connectivity index (χ0) is 28.6. The van der Waals surface area contributed by atoms with Gasteiger partial charge in [-0.15, -0.1) is 0 Å². The number of benzene rings is 1. The molecule has 5 rings (SSSR count). The van der Waals surface area contributed by atoms with Crippen LogP contribution in [-0.4, -0.2) is 114 Å². The second kappa shape index (κ2) is 11.4. The Morgan fingerprint density at radius 3 is 2.27 bits per heavy atom. The summed E-state index contributed by atoms with van der Waals surface area (Å²) in [4.78, 5) is 52.5. The number of aryl methyl sites for hydroxylation is 2. The molecule has 3 aromatic rings. The lowest BCUT2D eigenvalue weighted by molar-refractivity contribution is -0.106. The molecule has 0 spiro atoms. The molecule has 0 saturated carbocycles. The Morgan fingerprint density at radius 2 is 1.65 bits per heavy atom. The van der Waals surface area contributed by atoms with Crippen molar-refractivity contribution in [3.63, 3.8) is 0 Å². The number of pyridine rings is 1. The van der Waals surface area contributed by atoms with Crippen LogP contribution in [0.25, 0.3) is 11.0 Å². The monoisotopic (exact) mass is 567 g/mol. The lowest BCUT2D eigenvalue weighted by atomic mass is 10.1. The fourth-order valence-corrected chi connectivity index (χ4v) is 5.51. The average molecular weight is 568 g/mol. The summed E-state index contributed by atoms with van der Waals surface area (Å²) < 4.78 is 1.72. The molecule has 0 bridgehead atoms. The predicted octanol–water partition coefficient (Wildman–Crippen LogP) is 2.26. The molecule has 1 aromatic carbocycles. The van der Waals surface area contributed by atoms with E-state index < -0.39 is 6.03 Å². The lowest BCUT2D eigenvalue weighted by Gasteiger charge is -2.35. The van der Waals surface area contributed by atoms with Gasteiger partial charge in [0.2, 0.25) is 6.41 Å². The van der Waals surface area contributed by atoms with Gasteiger partial charge in [-0.1, -0.05) is 11.6 Å². The van der Waals surface area contributed by atoms with Gasteiger partial charge in [0.25, 0.3) is 5.91 Å². The van der Waals surface area contributed by atoms with Crippen molar-refractivity contribution >= 4 is 58.0 Å². The molecule has 0 aliphatic carbocycles. The van der Waals surface area contributed by atoms with Crippen LogP contribution < -0.4 is 15.1 Å². The number of carbonyl (C=O) groups excluding carboxylic acids is 3. The molecule has 2 aliphatic rings. The summed E-state index contributed by atoms with van der Waals surface area (Å²) in [6.07, 6.45) is 2.03. The third kappa shape index (κ3) is 5.34. The highest BCUT2D eigenvalue weighted by Gasteiger charge is 2.27. The molecule has 0 unspecified atom stereocenters. The van der Waals surface area contributed by atoms with E-state index in [9.17, 15) is 14.4 Å². The van der Waals surface area contributed by atoms with E-state index >= 15 is 0 Å². The molecule has 0 atom stereocenters. The number of hydrogen-bond donors (Lipinski definition) is 1. The summed E-state index contributed by atoms with van der Waals surface area (Å²) in [5.74, 6) is -0.171. The molecule has 40 heavy (non-hydrogen) atoms. The van der Waals surface area contributed by atoms with Crippen molar-refractivity contribution < 1.29 is 14.4 Å². The first-order chi connectivity index (χ1) is 19.2. The minimum absolute atomic E-state index is 0.171. The van der Waals surface area contributed by atoms with E-state index in [-0.39, 0.29) is 16.6 Å². The van der Waals surface area contributed by atoms with Gasteiger partial charge >= 0.3 is 6.03 Å². The highest BCUT2D eigenvalue weighted by atomic mass is 35.5. The van der Waals surface area contributed by atoms with Gasteiger partial charge in [-0.05, 0) is 39.2 Å². The largest absolute Gasteiger partial charge is 0.367 e. The quantitative estimate of drug-likeness (QED) is 0.468. The van der Waals surface area contributed by atoms with E-state index in [2.05, 4.69) is 37.1 Å². The number of rotatable bonds is 5. The molecule has 1 N–H and O–H groups in total. The number of fused-ring (bicyclic) bond motifs is 1. The van der Waals surface area contributed by atoms with E-state index in [1.807, 2.05) is 21.0 Å². The predicted molar refractivity (Wildman–Crippen MR) is 155 cm³/mol. The number of imide groups is 1. The Morgan fingerprint density at radius 1 is 1.00 bits per heavy atom. The van der Waals surface area contributed by atoms with Gasteiger partial charge < -0.3 is 24.9 Å². The van der Waals surface area contributed by atoms with Gasteiger partial charge in [0.1, 0.15) is 0 Å². The molecule has 2 saturated heterocycles. The third-order valence-corrected chi connectivity index (χ3v) is 7.95. The van der Waals surface area contributed by atoms with Crippen LogP contribution in [0.2, 0.25) is 5.02 Å². The summed E-state index contributed by atoms with van der Waals surface area (Å²) in [7, 11) is 5.93. The molecule has 4 heterocycles. The van der Waals surface area contributed by atoms with Crippen LogP contribution in [0.3, 0.4) is 0 Å². The lowest BCUT2D eigenvalue weighted by Crippen LogP contribution is -2.47. The topological polar surface area (TPSA) is 110 Å². The van der Waals surface area contributed by atoms with Crippen LogP contribution >= 0.6 is 11.6 Å². The van der Waals surface area contributed by atoms with Gasteiger partial charge in [0.15, 0.2) is 5.65 Å². The van der Waals surface area contributed by atoms with Crippen molar-refractivity contribution in [1.82, 2.24) is 29.5 Å². The molecule has 13 heteroatoms. The number of aromatic nitrogens is 3. The second-order valence-electron chi connectivity index (χ2n) is 10.4. The summed E-state index contributed by atoms with van der Waals surface area (Å²) >= 11 is 6.50. The Hall–Kier alpha value is -3.74. The summed E-state index contributed by atoms with van der Waals surface area (Å²) in [5, 5.41) is 8.46. The SMILES string of the molecule is Cc1nn(C)c2ncc(NC(=O)N(C=O)c3ccc(C(=O)N4CCN(C)CC4)c(Cl)c3)c(N3CCN(C)CC3)c12. The maximum Gasteiger partial charge on any atom is 0.333 e. The fraction of sp³-hybridized carbons (Fsp3) is 0.444. The van der Waals surface area contributed by atoms with E-state index in [1.54, 1.807) is 27.9 Å². The maximum atomic E-state index is 13.5.